The maximum Gasteiger partial charge on any atom is 0.261 e. The summed E-state index contributed by atoms with van der Waals surface area (Å²) in [4.78, 5) is 16.9. The van der Waals surface area contributed by atoms with Crippen molar-refractivity contribution in [1.29, 1.82) is 0 Å². The Hall–Kier alpha value is -3.43. The van der Waals surface area contributed by atoms with Crippen LogP contribution < -0.4 is 14.8 Å². The maximum absolute atomic E-state index is 12.8. The van der Waals surface area contributed by atoms with Crippen molar-refractivity contribution in [3.8, 4) is 5.88 Å². The summed E-state index contributed by atoms with van der Waals surface area (Å²) < 4.78 is 38.4. The van der Waals surface area contributed by atoms with E-state index in [0.717, 1.165) is 5.56 Å². The lowest BCUT2D eigenvalue weighted by Gasteiger charge is -2.12. The number of sulfonamides is 1. The largest absolute Gasteiger partial charge is 0.475 e. The zero-order valence-corrected chi connectivity index (χ0v) is 18.9. The van der Waals surface area contributed by atoms with Gasteiger partial charge in [-0.2, -0.15) is 0 Å². The summed E-state index contributed by atoms with van der Waals surface area (Å²) in [6.07, 6.45) is 1.47. The van der Waals surface area contributed by atoms with Gasteiger partial charge >= 0.3 is 0 Å². The van der Waals surface area contributed by atoms with Gasteiger partial charge in [-0.05, 0) is 49.7 Å². The molecule has 0 bridgehead atoms. The lowest BCUT2D eigenvalue weighted by atomic mass is 10.1. The number of nitrogens with one attached hydrogen (secondary N) is 2. The molecule has 32 heavy (non-hydrogen) atoms. The number of methoxy groups -OCH3 is 1. The molecule has 0 aliphatic heterocycles. The highest BCUT2D eigenvalue weighted by atomic mass is 32.2. The lowest BCUT2D eigenvalue weighted by molar-refractivity contribution is 0.102. The van der Waals surface area contributed by atoms with E-state index in [-0.39, 0.29) is 10.5 Å². The number of amides is 1. The van der Waals surface area contributed by atoms with Gasteiger partial charge in [0.05, 0.1) is 23.4 Å². The van der Waals surface area contributed by atoms with E-state index >= 15 is 0 Å². The van der Waals surface area contributed by atoms with Crippen LogP contribution >= 0.6 is 0 Å². The topological polar surface area (TPSA) is 107 Å². The minimum absolute atomic E-state index is 0.00570. The number of aromatic nitrogens is 1. The third kappa shape index (κ3) is 6.05. The highest BCUT2D eigenvalue weighted by Crippen LogP contribution is 2.21. The molecular weight excluding hydrogens is 430 g/mol. The first-order valence-corrected chi connectivity index (χ1v) is 11.4. The number of ether oxygens (including phenoxy) is 2. The van der Waals surface area contributed by atoms with E-state index in [1.165, 1.54) is 18.3 Å². The van der Waals surface area contributed by atoms with Crippen LogP contribution in [0.2, 0.25) is 0 Å². The van der Waals surface area contributed by atoms with Crippen molar-refractivity contribution < 1.29 is 22.7 Å². The fraction of sp³-hybridized carbons (Fsp3) is 0.217. The Morgan fingerprint density at radius 2 is 1.69 bits per heavy atom. The summed E-state index contributed by atoms with van der Waals surface area (Å²) in [6, 6.07) is 14.7. The first-order valence-electron chi connectivity index (χ1n) is 9.88. The smallest absolute Gasteiger partial charge is 0.261 e. The summed E-state index contributed by atoms with van der Waals surface area (Å²) >= 11 is 0. The lowest BCUT2D eigenvalue weighted by Crippen LogP contribution is -2.17. The van der Waals surface area contributed by atoms with Gasteiger partial charge in [0.15, 0.2) is 0 Å². The maximum atomic E-state index is 12.8. The molecule has 0 radical (unpaired) electrons. The Morgan fingerprint density at radius 1 is 0.969 bits per heavy atom. The quantitative estimate of drug-likeness (QED) is 0.476. The third-order valence-corrected chi connectivity index (χ3v) is 5.98. The van der Waals surface area contributed by atoms with Crippen LogP contribution in [0.1, 0.15) is 21.5 Å². The van der Waals surface area contributed by atoms with Gasteiger partial charge in [-0.3, -0.25) is 9.52 Å². The molecule has 0 aliphatic rings. The molecular formula is C23H25N3O5S. The Balaban J connectivity index is 1.74. The molecule has 0 fully saturated rings. The van der Waals surface area contributed by atoms with Crippen LogP contribution in [0.15, 0.2) is 65.7 Å². The van der Waals surface area contributed by atoms with Gasteiger partial charge < -0.3 is 14.8 Å². The number of hydrogen-bond acceptors (Lipinski definition) is 6. The van der Waals surface area contributed by atoms with Crippen LogP contribution in [-0.4, -0.2) is 39.6 Å². The molecule has 0 spiro atoms. The number of carbonyl (C=O) groups is 1. The summed E-state index contributed by atoms with van der Waals surface area (Å²) in [5.41, 5.74) is 2.81. The van der Waals surface area contributed by atoms with Crippen LogP contribution in [0.25, 0.3) is 0 Å². The van der Waals surface area contributed by atoms with E-state index in [0.29, 0.717) is 36.0 Å². The summed E-state index contributed by atoms with van der Waals surface area (Å²) in [5, 5.41) is 2.73. The number of pyridine rings is 1. The highest BCUT2D eigenvalue weighted by Gasteiger charge is 2.18. The number of hydrogen-bond donors (Lipinski definition) is 2. The fourth-order valence-corrected chi connectivity index (χ4v) is 3.90. The molecule has 0 unspecified atom stereocenters. The van der Waals surface area contributed by atoms with Crippen molar-refractivity contribution in [3.63, 3.8) is 0 Å². The number of benzene rings is 2. The van der Waals surface area contributed by atoms with Gasteiger partial charge in [-0.25, -0.2) is 13.4 Å². The average Bonchev–Trinajstić information content (AvgIpc) is 2.76. The van der Waals surface area contributed by atoms with Crippen LogP contribution in [-0.2, 0) is 14.8 Å². The molecule has 168 valence electrons. The Labute approximate surface area is 187 Å². The van der Waals surface area contributed by atoms with Crippen molar-refractivity contribution in [3.05, 3.63) is 77.5 Å². The third-order valence-electron chi connectivity index (χ3n) is 4.60. The van der Waals surface area contributed by atoms with Gasteiger partial charge in [0, 0.05) is 24.4 Å². The molecule has 1 aromatic heterocycles. The Morgan fingerprint density at radius 3 is 2.34 bits per heavy atom. The highest BCUT2D eigenvalue weighted by molar-refractivity contribution is 7.92. The van der Waals surface area contributed by atoms with Crippen molar-refractivity contribution in [2.24, 2.45) is 0 Å². The fourth-order valence-electron chi connectivity index (χ4n) is 2.82. The molecule has 8 nitrogen and oxygen atoms in total. The van der Waals surface area contributed by atoms with E-state index in [4.69, 9.17) is 9.47 Å². The number of carbonyl (C=O) groups excluding carboxylic acids is 1. The predicted octanol–water partition coefficient (Wildman–Crippen LogP) is 3.78. The van der Waals surface area contributed by atoms with Crippen LogP contribution in [0, 0.1) is 13.8 Å². The Kier molecular flexibility index (Phi) is 7.45. The van der Waals surface area contributed by atoms with Gasteiger partial charge in [0.1, 0.15) is 6.61 Å². The number of aryl methyl sites for hydroxylation is 2. The van der Waals surface area contributed by atoms with Crippen molar-refractivity contribution in [2.45, 2.75) is 18.7 Å². The minimum Gasteiger partial charge on any atom is -0.475 e. The van der Waals surface area contributed by atoms with Crippen molar-refractivity contribution in [1.82, 2.24) is 4.98 Å². The summed E-state index contributed by atoms with van der Waals surface area (Å²) in [5.74, 6) is -0.0313. The van der Waals surface area contributed by atoms with Crippen LogP contribution in [0.3, 0.4) is 0 Å². The zero-order chi connectivity index (χ0) is 23.1. The molecule has 2 N–H and O–H groups in total. The molecule has 0 saturated heterocycles. The second kappa shape index (κ2) is 10.3. The average molecular weight is 456 g/mol. The van der Waals surface area contributed by atoms with Gasteiger partial charge in [-0.15, -0.1) is 0 Å². The molecule has 0 atom stereocenters. The monoisotopic (exact) mass is 455 g/mol. The Bertz CT molecular complexity index is 1180. The minimum atomic E-state index is -3.86. The van der Waals surface area contributed by atoms with E-state index in [1.807, 2.05) is 19.1 Å². The first kappa shape index (κ1) is 23.2. The van der Waals surface area contributed by atoms with Crippen molar-refractivity contribution >= 4 is 27.3 Å². The van der Waals surface area contributed by atoms with Crippen LogP contribution in [0.5, 0.6) is 5.88 Å². The van der Waals surface area contributed by atoms with Gasteiger partial charge in [-0.1, -0.05) is 23.8 Å². The number of anilines is 2. The molecule has 1 amide bonds. The molecule has 9 heteroatoms. The molecule has 1 heterocycles. The molecule has 3 aromatic rings. The van der Waals surface area contributed by atoms with E-state index < -0.39 is 15.9 Å². The first-order chi connectivity index (χ1) is 15.3. The summed E-state index contributed by atoms with van der Waals surface area (Å²) in [6.45, 7) is 4.47. The van der Waals surface area contributed by atoms with Crippen LogP contribution in [0.4, 0.5) is 11.4 Å². The number of rotatable bonds is 9. The number of nitrogens with zero attached hydrogens (tertiary/aromatic N) is 1. The zero-order valence-electron chi connectivity index (χ0n) is 18.1. The van der Waals surface area contributed by atoms with Gasteiger partial charge in [0.25, 0.3) is 15.9 Å². The molecule has 0 saturated carbocycles. The second-order valence-corrected chi connectivity index (χ2v) is 8.81. The SMILES string of the molecule is COCCOc1ccc(NC(=O)c2cc(S(=O)(=O)Nc3ccc(C)cc3)ccc2C)cn1. The molecule has 3 rings (SSSR count). The standard InChI is InChI=1S/C23H25N3O5S/c1-16-4-7-18(8-5-16)26-32(28,29)20-10-6-17(2)21(14-20)23(27)25-19-9-11-22(24-15-19)31-13-12-30-3/h4-11,14-15,26H,12-13H2,1-3H3,(H,25,27). The normalized spacial score (nSPS) is 11.1. The van der Waals surface area contributed by atoms with Crippen molar-refractivity contribution in [2.75, 3.05) is 30.4 Å². The predicted molar refractivity (Wildman–Crippen MR) is 123 cm³/mol. The summed E-state index contributed by atoms with van der Waals surface area (Å²) in [7, 11) is -2.28. The molecule has 0 aliphatic carbocycles. The van der Waals surface area contributed by atoms with E-state index in [1.54, 1.807) is 44.4 Å². The molecule has 2 aromatic carbocycles. The second-order valence-electron chi connectivity index (χ2n) is 7.13. The van der Waals surface area contributed by atoms with E-state index in [9.17, 15) is 13.2 Å². The van der Waals surface area contributed by atoms with E-state index in [2.05, 4.69) is 15.0 Å². The van der Waals surface area contributed by atoms with Gasteiger partial charge in [0.2, 0.25) is 5.88 Å².